The molecule has 0 unspecified atom stereocenters. The molecule has 0 amide bonds. The van der Waals surface area contributed by atoms with Crippen LogP contribution in [-0.4, -0.2) is 27.2 Å². The molecule has 0 atom stereocenters. The smallest absolute Gasteiger partial charge is 0.138 e. The molecule has 1 fully saturated rings. The minimum atomic E-state index is -0.319. The maximum absolute atomic E-state index is 13.8. The topological polar surface area (TPSA) is 60.9 Å². The largest absolute Gasteiger partial charge is 0.393 e. The number of aromatic nitrogens is 2. The van der Waals surface area contributed by atoms with Gasteiger partial charge in [0.25, 0.3) is 0 Å². The average Bonchev–Trinajstić information content (AvgIpc) is 3.11. The Morgan fingerprint density at radius 1 is 1.22 bits per heavy atom. The zero-order chi connectivity index (χ0) is 19.0. The van der Waals surface area contributed by atoms with Crippen molar-refractivity contribution < 1.29 is 9.50 Å². The SMILES string of the molecule is OC1CC(NSc2cc(-c3ncc(-c4ccc(Br)c(F)c4)[nH]3)ccc2Cl)C1. The molecule has 1 heterocycles. The lowest BCUT2D eigenvalue weighted by atomic mass is 9.91. The second-order valence-corrected chi connectivity index (χ2v) is 8.60. The van der Waals surface area contributed by atoms with E-state index < -0.39 is 0 Å². The quantitative estimate of drug-likeness (QED) is 0.438. The van der Waals surface area contributed by atoms with Gasteiger partial charge in [0.1, 0.15) is 11.6 Å². The Bertz CT molecular complexity index is 977. The highest BCUT2D eigenvalue weighted by molar-refractivity contribution is 9.10. The molecule has 1 aliphatic carbocycles. The normalized spacial score (nSPS) is 19.1. The monoisotopic (exact) mass is 467 g/mol. The van der Waals surface area contributed by atoms with E-state index in [1.54, 1.807) is 12.3 Å². The van der Waals surface area contributed by atoms with Gasteiger partial charge in [0, 0.05) is 22.1 Å². The molecule has 4 nitrogen and oxygen atoms in total. The highest BCUT2D eigenvalue weighted by atomic mass is 79.9. The van der Waals surface area contributed by atoms with Gasteiger partial charge in [-0.3, -0.25) is 4.72 Å². The maximum Gasteiger partial charge on any atom is 0.138 e. The molecular formula is C19H16BrClFN3OS. The molecule has 8 heteroatoms. The first kappa shape index (κ1) is 19.0. The molecule has 4 rings (SSSR count). The second kappa shape index (κ2) is 7.93. The van der Waals surface area contributed by atoms with Gasteiger partial charge in [-0.2, -0.15) is 0 Å². The van der Waals surface area contributed by atoms with E-state index in [-0.39, 0.29) is 11.9 Å². The number of rotatable bonds is 5. The number of benzene rings is 2. The van der Waals surface area contributed by atoms with E-state index in [9.17, 15) is 9.50 Å². The molecule has 0 aliphatic heterocycles. The minimum absolute atomic E-state index is 0.199. The van der Waals surface area contributed by atoms with Gasteiger partial charge < -0.3 is 10.1 Å². The van der Waals surface area contributed by atoms with E-state index in [2.05, 4.69) is 30.6 Å². The summed E-state index contributed by atoms with van der Waals surface area (Å²) in [4.78, 5) is 8.55. The van der Waals surface area contributed by atoms with Crippen molar-refractivity contribution in [3.8, 4) is 22.6 Å². The fourth-order valence-corrected chi connectivity index (χ4v) is 4.16. The van der Waals surface area contributed by atoms with Crippen LogP contribution in [0.3, 0.4) is 0 Å². The highest BCUT2D eigenvalue weighted by Gasteiger charge is 2.27. The summed E-state index contributed by atoms with van der Waals surface area (Å²) in [6, 6.07) is 10.9. The van der Waals surface area contributed by atoms with Gasteiger partial charge in [0.05, 0.1) is 27.5 Å². The number of aliphatic hydroxyl groups is 1. The summed E-state index contributed by atoms with van der Waals surface area (Å²) in [6.45, 7) is 0. The van der Waals surface area contributed by atoms with Gasteiger partial charge in [-0.15, -0.1) is 0 Å². The molecule has 27 heavy (non-hydrogen) atoms. The average molecular weight is 469 g/mol. The van der Waals surface area contributed by atoms with Crippen LogP contribution in [0.25, 0.3) is 22.6 Å². The molecule has 0 saturated heterocycles. The molecule has 2 aromatic carbocycles. The van der Waals surface area contributed by atoms with Crippen LogP contribution in [0, 0.1) is 5.82 Å². The van der Waals surface area contributed by atoms with Gasteiger partial charge >= 0.3 is 0 Å². The lowest BCUT2D eigenvalue weighted by molar-refractivity contribution is 0.0722. The number of halogens is 3. The van der Waals surface area contributed by atoms with E-state index in [4.69, 9.17) is 11.6 Å². The Labute approximate surface area is 173 Å². The van der Waals surface area contributed by atoms with Crippen LogP contribution in [-0.2, 0) is 0 Å². The van der Waals surface area contributed by atoms with Crippen molar-refractivity contribution >= 4 is 39.5 Å². The lowest BCUT2D eigenvalue weighted by Crippen LogP contribution is -2.41. The molecule has 0 radical (unpaired) electrons. The van der Waals surface area contributed by atoms with Crippen LogP contribution < -0.4 is 4.72 Å². The third-order valence-corrected chi connectivity index (χ3v) is 6.55. The summed E-state index contributed by atoms with van der Waals surface area (Å²) in [5.74, 6) is 0.368. The first-order valence-electron chi connectivity index (χ1n) is 8.40. The number of aliphatic hydroxyl groups excluding tert-OH is 1. The summed E-state index contributed by atoms with van der Waals surface area (Å²) in [5.41, 5.74) is 2.35. The summed E-state index contributed by atoms with van der Waals surface area (Å²) in [6.07, 6.45) is 3.01. The number of hydrogen-bond donors (Lipinski definition) is 3. The highest BCUT2D eigenvalue weighted by Crippen LogP contribution is 2.33. The molecule has 1 aromatic heterocycles. The van der Waals surface area contributed by atoms with Gasteiger partial charge in [-0.25, -0.2) is 9.37 Å². The van der Waals surface area contributed by atoms with Crippen molar-refractivity contribution in [2.75, 3.05) is 0 Å². The van der Waals surface area contributed by atoms with Gasteiger partial charge in [0.15, 0.2) is 0 Å². The predicted molar refractivity (Wildman–Crippen MR) is 110 cm³/mol. The number of H-pyrrole nitrogens is 1. The van der Waals surface area contributed by atoms with Crippen LogP contribution in [0.5, 0.6) is 0 Å². The number of nitrogens with zero attached hydrogens (tertiary/aromatic N) is 1. The number of aromatic amines is 1. The fourth-order valence-electron chi connectivity index (χ4n) is 2.84. The minimum Gasteiger partial charge on any atom is -0.393 e. The second-order valence-electron chi connectivity index (χ2n) is 6.46. The van der Waals surface area contributed by atoms with E-state index in [1.165, 1.54) is 18.0 Å². The van der Waals surface area contributed by atoms with Crippen molar-refractivity contribution in [2.45, 2.75) is 29.9 Å². The zero-order valence-electron chi connectivity index (χ0n) is 14.0. The zero-order valence-corrected chi connectivity index (χ0v) is 17.2. The van der Waals surface area contributed by atoms with E-state index >= 15 is 0 Å². The van der Waals surface area contributed by atoms with Crippen LogP contribution in [0.15, 0.2) is 52.0 Å². The van der Waals surface area contributed by atoms with Crippen molar-refractivity contribution in [1.82, 2.24) is 14.7 Å². The predicted octanol–water partition coefficient (Wildman–Crippen LogP) is 5.42. The van der Waals surface area contributed by atoms with Crippen LogP contribution >= 0.6 is 39.5 Å². The first-order valence-corrected chi connectivity index (χ1v) is 10.4. The lowest BCUT2D eigenvalue weighted by Gasteiger charge is -2.31. The fraction of sp³-hybridized carbons (Fsp3) is 0.211. The van der Waals surface area contributed by atoms with Crippen molar-refractivity contribution in [1.29, 1.82) is 0 Å². The van der Waals surface area contributed by atoms with Crippen LogP contribution in [0.2, 0.25) is 5.02 Å². The van der Waals surface area contributed by atoms with E-state index in [0.29, 0.717) is 21.4 Å². The summed E-state index contributed by atoms with van der Waals surface area (Å²) in [5, 5.41) is 10.0. The Morgan fingerprint density at radius 3 is 2.74 bits per heavy atom. The first-order chi connectivity index (χ1) is 13.0. The Kier molecular flexibility index (Phi) is 5.57. The van der Waals surface area contributed by atoms with Crippen LogP contribution in [0.1, 0.15) is 12.8 Å². The third kappa shape index (κ3) is 4.22. The van der Waals surface area contributed by atoms with Gasteiger partial charge in [-0.1, -0.05) is 17.7 Å². The molecule has 1 aliphatic rings. The van der Waals surface area contributed by atoms with Crippen molar-refractivity contribution in [3.05, 3.63) is 57.9 Å². The standard InChI is InChI=1S/C19H16BrClFN3OS/c20-14-3-1-10(5-16(14)22)17-9-23-19(24-17)11-2-4-15(21)18(6-11)27-25-12-7-13(26)8-12/h1-6,9,12-13,25-26H,7-8H2,(H,23,24). The molecule has 1 saturated carbocycles. The Morgan fingerprint density at radius 2 is 2.00 bits per heavy atom. The number of nitrogens with one attached hydrogen (secondary N) is 2. The summed E-state index contributed by atoms with van der Waals surface area (Å²) < 4.78 is 17.5. The number of hydrogen-bond acceptors (Lipinski definition) is 4. The molecule has 140 valence electrons. The molecular weight excluding hydrogens is 453 g/mol. The summed E-state index contributed by atoms with van der Waals surface area (Å²) >= 11 is 10.9. The van der Waals surface area contributed by atoms with Gasteiger partial charge in [-0.05, 0) is 71.1 Å². The molecule has 3 aromatic rings. The molecule has 0 spiro atoms. The Hall–Kier alpha value is -1.38. The van der Waals surface area contributed by atoms with Crippen molar-refractivity contribution in [2.24, 2.45) is 0 Å². The van der Waals surface area contributed by atoms with E-state index in [1.807, 2.05) is 24.3 Å². The van der Waals surface area contributed by atoms with Gasteiger partial charge in [0.2, 0.25) is 0 Å². The van der Waals surface area contributed by atoms with E-state index in [0.717, 1.165) is 34.6 Å². The summed E-state index contributed by atoms with van der Waals surface area (Å²) in [7, 11) is 0. The third-order valence-electron chi connectivity index (χ3n) is 4.46. The maximum atomic E-state index is 13.8. The van der Waals surface area contributed by atoms with Crippen LogP contribution in [0.4, 0.5) is 4.39 Å². The molecule has 3 N–H and O–H groups in total. The van der Waals surface area contributed by atoms with Crippen molar-refractivity contribution in [3.63, 3.8) is 0 Å². The Balaban J connectivity index is 1.54. The molecule has 0 bridgehead atoms. The number of imidazole rings is 1.